The molecule has 1 fully saturated rings. The van der Waals surface area contributed by atoms with Crippen LogP contribution in [-0.2, 0) is 19.2 Å². The number of carbonyl (C=O) groups excluding carboxylic acids is 4. The van der Waals surface area contributed by atoms with Crippen molar-refractivity contribution in [3.8, 4) is 11.5 Å². The fourth-order valence-electron chi connectivity index (χ4n) is 4.91. The molecule has 1 atom stereocenters. The molecule has 1 saturated carbocycles. The smallest absolute Gasteiger partial charge is 0.248 e. The third-order valence-electron chi connectivity index (χ3n) is 6.86. The maximum Gasteiger partial charge on any atom is 0.248 e. The van der Waals surface area contributed by atoms with Crippen molar-refractivity contribution in [2.75, 3.05) is 27.0 Å². The highest BCUT2D eigenvalue weighted by molar-refractivity contribution is 8.00. The summed E-state index contributed by atoms with van der Waals surface area (Å²) in [4.78, 5) is 53.1. The summed E-state index contributed by atoms with van der Waals surface area (Å²) in [5, 5.41) is 32.3. The maximum absolute atomic E-state index is 13.9. The molecule has 4 amide bonds. The molecule has 0 bridgehead atoms. The van der Waals surface area contributed by atoms with Crippen LogP contribution in [0.15, 0.2) is 53.1 Å². The Balaban J connectivity index is 1.62. The second-order valence-corrected chi connectivity index (χ2v) is 11.3. The van der Waals surface area contributed by atoms with Gasteiger partial charge in [0.25, 0.3) is 0 Å². The van der Waals surface area contributed by atoms with E-state index in [-0.39, 0.29) is 46.5 Å². The topological polar surface area (TPSA) is 174 Å². The largest absolute Gasteiger partial charge is 0.504 e. The molecule has 2 aromatic carbocycles. The van der Waals surface area contributed by atoms with Gasteiger partial charge in [0.15, 0.2) is 17.3 Å². The van der Waals surface area contributed by atoms with Crippen molar-refractivity contribution in [1.82, 2.24) is 10.5 Å². The minimum absolute atomic E-state index is 0.0632. The van der Waals surface area contributed by atoms with Crippen molar-refractivity contribution in [3.63, 3.8) is 0 Å². The van der Waals surface area contributed by atoms with Crippen LogP contribution in [-0.4, -0.2) is 56.5 Å². The number of hydrogen-bond donors (Lipinski definition) is 5. The summed E-state index contributed by atoms with van der Waals surface area (Å²) in [6, 6.07) is 10.7. The summed E-state index contributed by atoms with van der Waals surface area (Å²) in [6.45, 7) is 3.08. The standard InChI is InChI=1S/C30H35N5O7S/c1-18-14-26(34-42-18)33-27(39)16-43-17-28(40)35(23-11-9-22(10-12-23)31-19(2)36)29(20-8-13-24(37)25(38)15-20)30(41)32-21-6-4-3-5-7-21/h8-15,21,29,37-38H,3-7,16-17H2,1-2H3,(H,31,36)(H,32,41)(H,33,34,39). The van der Waals surface area contributed by atoms with Gasteiger partial charge >= 0.3 is 0 Å². The highest BCUT2D eigenvalue weighted by atomic mass is 32.2. The maximum atomic E-state index is 13.9. The van der Waals surface area contributed by atoms with Gasteiger partial charge in [-0.25, -0.2) is 0 Å². The highest BCUT2D eigenvalue weighted by Crippen LogP contribution is 2.34. The summed E-state index contributed by atoms with van der Waals surface area (Å²) in [5.41, 5.74) is 1.15. The van der Waals surface area contributed by atoms with Crippen LogP contribution in [0.5, 0.6) is 11.5 Å². The Bertz CT molecular complexity index is 1450. The molecule has 13 heteroatoms. The molecule has 43 heavy (non-hydrogen) atoms. The number of nitrogens with zero attached hydrogens (tertiary/aromatic N) is 2. The van der Waals surface area contributed by atoms with Gasteiger partial charge in [-0.05, 0) is 61.7 Å². The Morgan fingerprint density at radius 2 is 1.70 bits per heavy atom. The Morgan fingerprint density at radius 1 is 0.977 bits per heavy atom. The van der Waals surface area contributed by atoms with E-state index >= 15 is 0 Å². The minimum Gasteiger partial charge on any atom is -0.504 e. The summed E-state index contributed by atoms with van der Waals surface area (Å²) >= 11 is 1.06. The van der Waals surface area contributed by atoms with Crippen LogP contribution in [0.3, 0.4) is 0 Å². The number of aromatic hydroxyl groups is 2. The first-order valence-corrected chi connectivity index (χ1v) is 15.1. The monoisotopic (exact) mass is 609 g/mol. The number of thioether (sulfide) groups is 1. The van der Waals surface area contributed by atoms with Crippen LogP contribution in [0.4, 0.5) is 17.2 Å². The number of rotatable bonds is 11. The van der Waals surface area contributed by atoms with Gasteiger partial charge in [-0.3, -0.25) is 24.1 Å². The van der Waals surface area contributed by atoms with E-state index in [2.05, 4.69) is 21.1 Å². The fourth-order valence-corrected chi connectivity index (χ4v) is 5.58. The number of phenols is 2. The molecule has 1 aromatic heterocycles. The molecule has 1 unspecified atom stereocenters. The predicted octanol–water partition coefficient (Wildman–Crippen LogP) is 4.25. The van der Waals surface area contributed by atoms with E-state index in [0.29, 0.717) is 17.1 Å². The van der Waals surface area contributed by atoms with Crippen LogP contribution < -0.4 is 20.9 Å². The molecule has 5 N–H and O–H groups in total. The van der Waals surface area contributed by atoms with E-state index in [1.807, 2.05) is 0 Å². The Hall–Kier alpha value is -4.52. The Morgan fingerprint density at radius 3 is 2.33 bits per heavy atom. The van der Waals surface area contributed by atoms with Gasteiger partial charge in [-0.1, -0.05) is 30.5 Å². The van der Waals surface area contributed by atoms with Crippen molar-refractivity contribution in [1.29, 1.82) is 0 Å². The molecule has 0 saturated heterocycles. The number of aromatic nitrogens is 1. The highest BCUT2D eigenvalue weighted by Gasteiger charge is 2.34. The molecule has 0 spiro atoms. The molecule has 1 heterocycles. The zero-order valence-corrected chi connectivity index (χ0v) is 24.8. The Kier molecular flexibility index (Phi) is 10.7. The van der Waals surface area contributed by atoms with Crippen molar-refractivity contribution < 1.29 is 33.9 Å². The molecule has 1 aliphatic carbocycles. The lowest BCUT2D eigenvalue weighted by molar-refractivity contribution is -0.126. The third-order valence-corrected chi connectivity index (χ3v) is 7.78. The van der Waals surface area contributed by atoms with Gasteiger partial charge in [0, 0.05) is 30.4 Å². The Labute approximate surface area is 253 Å². The van der Waals surface area contributed by atoms with E-state index in [1.165, 1.54) is 30.0 Å². The summed E-state index contributed by atoms with van der Waals surface area (Å²) in [6.07, 6.45) is 4.68. The van der Waals surface area contributed by atoms with Gasteiger partial charge in [0.2, 0.25) is 23.6 Å². The van der Waals surface area contributed by atoms with Gasteiger partial charge in [0.05, 0.1) is 11.5 Å². The number of phenolic OH excluding ortho intramolecular Hbond substituents is 2. The lowest BCUT2D eigenvalue weighted by Crippen LogP contribution is -2.48. The van der Waals surface area contributed by atoms with Crippen molar-refractivity contribution in [3.05, 3.63) is 59.9 Å². The number of hydrogen-bond acceptors (Lipinski definition) is 9. The zero-order chi connectivity index (χ0) is 30.9. The number of aryl methyl sites for hydroxylation is 1. The van der Waals surface area contributed by atoms with Crippen LogP contribution in [0.25, 0.3) is 0 Å². The van der Waals surface area contributed by atoms with Crippen LogP contribution in [0.2, 0.25) is 0 Å². The molecular formula is C30H35N5O7S. The van der Waals surface area contributed by atoms with E-state index < -0.39 is 23.6 Å². The molecule has 4 rings (SSSR count). The molecule has 3 aromatic rings. The normalized spacial score (nSPS) is 14.0. The van der Waals surface area contributed by atoms with Crippen molar-refractivity contribution in [2.45, 2.75) is 58.0 Å². The van der Waals surface area contributed by atoms with E-state index in [0.717, 1.165) is 43.9 Å². The third kappa shape index (κ3) is 8.74. The first-order valence-electron chi connectivity index (χ1n) is 13.9. The summed E-state index contributed by atoms with van der Waals surface area (Å²) in [5.74, 6) is -1.78. The van der Waals surface area contributed by atoms with Gasteiger partial charge in [-0.2, -0.15) is 0 Å². The van der Waals surface area contributed by atoms with E-state index in [1.54, 1.807) is 37.3 Å². The fraction of sp³-hybridized carbons (Fsp3) is 0.367. The lowest BCUT2D eigenvalue weighted by Gasteiger charge is -2.33. The first kappa shape index (κ1) is 31.4. The lowest BCUT2D eigenvalue weighted by atomic mass is 9.94. The molecule has 0 aliphatic heterocycles. The second-order valence-electron chi connectivity index (χ2n) is 10.3. The quantitative estimate of drug-likeness (QED) is 0.199. The van der Waals surface area contributed by atoms with E-state index in [4.69, 9.17) is 4.52 Å². The molecule has 1 aliphatic rings. The van der Waals surface area contributed by atoms with Crippen molar-refractivity contribution >= 4 is 52.6 Å². The SMILES string of the molecule is CC(=O)Nc1ccc(N(C(=O)CSCC(=O)Nc2cc(C)on2)C(C(=O)NC2CCCCC2)c2ccc(O)c(O)c2)cc1. The van der Waals surface area contributed by atoms with Gasteiger partial charge in [0.1, 0.15) is 11.8 Å². The molecule has 0 radical (unpaired) electrons. The number of anilines is 3. The first-order chi connectivity index (χ1) is 20.6. The average Bonchev–Trinajstić information content (AvgIpc) is 3.38. The predicted molar refractivity (Wildman–Crippen MR) is 163 cm³/mol. The van der Waals surface area contributed by atoms with Gasteiger partial charge < -0.3 is 30.7 Å². The van der Waals surface area contributed by atoms with Crippen molar-refractivity contribution in [2.24, 2.45) is 0 Å². The second kappa shape index (κ2) is 14.6. The number of carbonyl (C=O) groups is 4. The van der Waals surface area contributed by atoms with E-state index in [9.17, 15) is 29.4 Å². The zero-order valence-electron chi connectivity index (χ0n) is 24.0. The number of amides is 4. The summed E-state index contributed by atoms with van der Waals surface area (Å²) in [7, 11) is 0. The van der Waals surface area contributed by atoms with Crippen LogP contribution in [0.1, 0.15) is 56.4 Å². The minimum atomic E-state index is -1.21. The molecule has 12 nitrogen and oxygen atoms in total. The molecule has 228 valence electrons. The van der Waals surface area contributed by atoms with Crippen LogP contribution >= 0.6 is 11.8 Å². The number of benzene rings is 2. The average molecular weight is 610 g/mol. The van der Waals surface area contributed by atoms with Crippen LogP contribution in [0, 0.1) is 6.92 Å². The summed E-state index contributed by atoms with van der Waals surface area (Å²) < 4.78 is 4.95. The number of nitrogens with one attached hydrogen (secondary N) is 3. The molecular weight excluding hydrogens is 574 g/mol. The van der Waals surface area contributed by atoms with Gasteiger partial charge in [-0.15, -0.1) is 11.8 Å².